The number of esters is 1. The highest BCUT2D eigenvalue weighted by Gasteiger charge is 2.12. The Balaban J connectivity index is 2.27. The SMILES string of the molecule is C=Cc1ccc(OC)c(OC(=O)c2ccccc2)c1. The monoisotopic (exact) mass is 254 g/mol. The molecule has 0 aromatic heterocycles. The minimum absolute atomic E-state index is 0.383. The normalized spacial score (nSPS) is 9.74. The molecule has 0 N–H and O–H groups in total. The Bertz CT molecular complexity index is 588. The summed E-state index contributed by atoms with van der Waals surface area (Å²) < 4.78 is 10.5. The molecule has 0 saturated carbocycles. The van der Waals surface area contributed by atoms with Crippen molar-refractivity contribution in [1.29, 1.82) is 0 Å². The van der Waals surface area contributed by atoms with Crippen molar-refractivity contribution >= 4 is 12.0 Å². The van der Waals surface area contributed by atoms with Gasteiger partial charge in [0.2, 0.25) is 0 Å². The number of benzene rings is 2. The first-order chi connectivity index (χ1) is 9.24. The Labute approximate surface area is 112 Å². The quantitative estimate of drug-likeness (QED) is 0.618. The van der Waals surface area contributed by atoms with Gasteiger partial charge in [-0.2, -0.15) is 0 Å². The molecule has 0 spiro atoms. The highest BCUT2D eigenvalue weighted by atomic mass is 16.6. The van der Waals surface area contributed by atoms with Gasteiger partial charge >= 0.3 is 5.97 Å². The van der Waals surface area contributed by atoms with Crippen LogP contribution in [-0.2, 0) is 0 Å². The lowest BCUT2D eigenvalue weighted by molar-refractivity contribution is 0.0729. The second-order valence-electron chi connectivity index (χ2n) is 3.87. The highest BCUT2D eigenvalue weighted by molar-refractivity contribution is 5.91. The van der Waals surface area contributed by atoms with Crippen molar-refractivity contribution in [3.05, 3.63) is 66.2 Å². The van der Waals surface area contributed by atoms with Crippen molar-refractivity contribution < 1.29 is 14.3 Å². The zero-order valence-corrected chi connectivity index (χ0v) is 10.6. The van der Waals surface area contributed by atoms with E-state index in [2.05, 4.69) is 6.58 Å². The number of carbonyl (C=O) groups is 1. The van der Waals surface area contributed by atoms with E-state index in [1.807, 2.05) is 12.1 Å². The average Bonchev–Trinajstić information content (AvgIpc) is 2.48. The van der Waals surface area contributed by atoms with E-state index in [4.69, 9.17) is 9.47 Å². The highest BCUT2D eigenvalue weighted by Crippen LogP contribution is 2.29. The van der Waals surface area contributed by atoms with Crippen LogP contribution in [0.1, 0.15) is 15.9 Å². The molecule has 96 valence electrons. The zero-order valence-electron chi connectivity index (χ0n) is 10.6. The maximum atomic E-state index is 12.0. The molecule has 0 bridgehead atoms. The lowest BCUT2D eigenvalue weighted by atomic mass is 10.2. The second kappa shape index (κ2) is 5.87. The molecule has 0 atom stereocenters. The summed E-state index contributed by atoms with van der Waals surface area (Å²) in [5.41, 5.74) is 1.35. The third kappa shape index (κ3) is 3.01. The molecular weight excluding hydrogens is 240 g/mol. The molecule has 0 saturated heterocycles. The third-order valence-electron chi connectivity index (χ3n) is 2.64. The van der Waals surface area contributed by atoms with Crippen LogP contribution in [0.4, 0.5) is 0 Å². The second-order valence-corrected chi connectivity index (χ2v) is 3.87. The first-order valence-corrected chi connectivity index (χ1v) is 5.82. The Hall–Kier alpha value is -2.55. The van der Waals surface area contributed by atoms with Crippen molar-refractivity contribution in [3.8, 4) is 11.5 Å². The van der Waals surface area contributed by atoms with E-state index in [-0.39, 0.29) is 0 Å². The van der Waals surface area contributed by atoms with E-state index >= 15 is 0 Å². The summed E-state index contributed by atoms with van der Waals surface area (Å²) in [6, 6.07) is 14.1. The van der Waals surface area contributed by atoms with Gasteiger partial charge in [-0.25, -0.2) is 4.79 Å². The van der Waals surface area contributed by atoms with Crippen LogP contribution >= 0.6 is 0 Å². The largest absolute Gasteiger partial charge is 0.493 e. The van der Waals surface area contributed by atoms with Crippen molar-refractivity contribution in [2.45, 2.75) is 0 Å². The minimum Gasteiger partial charge on any atom is -0.493 e. The van der Waals surface area contributed by atoms with Crippen LogP contribution in [0.5, 0.6) is 11.5 Å². The van der Waals surface area contributed by atoms with E-state index in [0.717, 1.165) is 5.56 Å². The lowest BCUT2D eigenvalue weighted by Gasteiger charge is -2.10. The van der Waals surface area contributed by atoms with Gasteiger partial charge in [0.05, 0.1) is 12.7 Å². The summed E-state index contributed by atoms with van der Waals surface area (Å²) in [6.45, 7) is 3.68. The number of carbonyl (C=O) groups excluding carboxylic acids is 1. The van der Waals surface area contributed by atoms with Crippen molar-refractivity contribution in [1.82, 2.24) is 0 Å². The van der Waals surface area contributed by atoms with Gasteiger partial charge in [-0.05, 0) is 29.8 Å². The van der Waals surface area contributed by atoms with Crippen LogP contribution in [0, 0.1) is 0 Å². The topological polar surface area (TPSA) is 35.5 Å². The number of rotatable bonds is 4. The molecule has 19 heavy (non-hydrogen) atoms. The Morgan fingerprint density at radius 2 is 1.84 bits per heavy atom. The van der Waals surface area contributed by atoms with Crippen molar-refractivity contribution in [2.24, 2.45) is 0 Å². The van der Waals surface area contributed by atoms with E-state index in [1.165, 1.54) is 7.11 Å². The Morgan fingerprint density at radius 1 is 1.11 bits per heavy atom. The van der Waals surface area contributed by atoms with Crippen molar-refractivity contribution in [3.63, 3.8) is 0 Å². The van der Waals surface area contributed by atoms with Crippen LogP contribution in [0.2, 0.25) is 0 Å². The number of hydrogen-bond acceptors (Lipinski definition) is 3. The maximum absolute atomic E-state index is 12.0. The van der Waals surface area contributed by atoms with Crippen LogP contribution in [0.15, 0.2) is 55.1 Å². The summed E-state index contributed by atoms with van der Waals surface area (Å²) in [5, 5.41) is 0. The molecule has 3 heteroatoms. The summed E-state index contributed by atoms with van der Waals surface area (Å²) in [7, 11) is 1.53. The van der Waals surface area contributed by atoms with Crippen LogP contribution in [0.25, 0.3) is 6.08 Å². The molecule has 0 fully saturated rings. The Morgan fingerprint density at radius 3 is 2.47 bits per heavy atom. The predicted molar refractivity (Wildman–Crippen MR) is 74.5 cm³/mol. The third-order valence-corrected chi connectivity index (χ3v) is 2.64. The number of methoxy groups -OCH3 is 1. The number of hydrogen-bond donors (Lipinski definition) is 0. The lowest BCUT2D eigenvalue weighted by Crippen LogP contribution is -2.09. The van der Waals surface area contributed by atoms with Gasteiger partial charge in [0.15, 0.2) is 11.5 Å². The van der Waals surface area contributed by atoms with Gasteiger partial charge in [-0.1, -0.05) is 36.9 Å². The molecule has 2 aromatic rings. The molecule has 0 aliphatic rings. The maximum Gasteiger partial charge on any atom is 0.343 e. The molecule has 2 rings (SSSR count). The molecular formula is C16H14O3. The molecule has 0 unspecified atom stereocenters. The molecule has 2 aromatic carbocycles. The van der Waals surface area contributed by atoms with Gasteiger partial charge in [0, 0.05) is 0 Å². The fourth-order valence-electron chi connectivity index (χ4n) is 1.63. The van der Waals surface area contributed by atoms with Gasteiger partial charge in [0.25, 0.3) is 0 Å². The summed E-state index contributed by atoms with van der Waals surface area (Å²) in [5.74, 6) is 0.476. The summed E-state index contributed by atoms with van der Waals surface area (Å²) in [6.07, 6.45) is 1.68. The standard InChI is InChI=1S/C16H14O3/c1-3-12-9-10-14(18-2)15(11-12)19-16(17)13-7-5-4-6-8-13/h3-11H,1H2,2H3. The molecule has 0 radical (unpaired) electrons. The van der Waals surface area contributed by atoms with Crippen LogP contribution in [-0.4, -0.2) is 13.1 Å². The first kappa shape index (κ1) is 12.9. The zero-order chi connectivity index (χ0) is 13.7. The minimum atomic E-state index is -0.417. The first-order valence-electron chi connectivity index (χ1n) is 5.82. The van der Waals surface area contributed by atoms with Gasteiger partial charge < -0.3 is 9.47 Å². The fourth-order valence-corrected chi connectivity index (χ4v) is 1.63. The molecule has 0 aliphatic heterocycles. The molecule has 0 heterocycles. The summed E-state index contributed by atoms with van der Waals surface area (Å²) in [4.78, 5) is 12.0. The fraction of sp³-hybridized carbons (Fsp3) is 0.0625. The Kier molecular flexibility index (Phi) is 3.98. The van der Waals surface area contributed by atoms with Gasteiger partial charge in [0.1, 0.15) is 0 Å². The van der Waals surface area contributed by atoms with E-state index in [9.17, 15) is 4.79 Å². The summed E-state index contributed by atoms with van der Waals surface area (Å²) >= 11 is 0. The van der Waals surface area contributed by atoms with Crippen LogP contribution in [0.3, 0.4) is 0 Å². The predicted octanol–water partition coefficient (Wildman–Crippen LogP) is 3.56. The van der Waals surface area contributed by atoms with E-state index in [1.54, 1.807) is 42.5 Å². The van der Waals surface area contributed by atoms with E-state index < -0.39 is 5.97 Å². The molecule has 3 nitrogen and oxygen atoms in total. The van der Waals surface area contributed by atoms with Gasteiger partial charge in [-0.15, -0.1) is 0 Å². The number of ether oxygens (including phenoxy) is 2. The van der Waals surface area contributed by atoms with Gasteiger partial charge in [-0.3, -0.25) is 0 Å². The van der Waals surface area contributed by atoms with Crippen molar-refractivity contribution in [2.75, 3.05) is 7.11 Å². The average molecular weight is 254 g/mol. The van der Waals surface area contributed by atoms with Crippen LogP contribution < -0.4 is 9.47 Å². The molecule has 0 aliphatic carbocycles. The molecule has 0 amide bonds. The smallest absolute Gasteiger partial charge is 0.343 e. The van der Waals surface area contributed by atoms with E-state index in [0.29, 0.717) is 17.1 Å².